The topological polar surface area (TPSA) is 237 Å². The molecule has 7 atom stereocenters. The summed E-state index contributed by atoms with van der Waals surface area (Å²) in [5.74, 6) is -0.414. The van der Waals surface area contributed by atoms with Gasteiger partial charge in [0.1, 0.15) is 19.3 Å². The van der Waals surface area contributed by atoms with Gasteiger partial charge in [-0.3, -0.25) is 37.3 Å². The van der Waals surface area contributed by atoms with Crippen molar-refractivity contribution in [2.24, 2.45) is 11.8 Å². The van der Waals surface area contributed by atoms with Crippen LogP contribution in [0.25, 0.3) is 0 Å². The Morgan fingerprint density at radius 3 is 0.724 bits per heavy atom. The Balaban J connectivity index is 5.24. The average Bonchev–Trinajstić information content (AvgIpc) is 0.944. The largest absolute Gasteiger partial charge is 0.472 e. The van der Waals surface area contributed by atoms with E-state index in [1.54, 1.807) is 0 Å². The molecule has 0 aliphatic rings. The maximum atomic E-state index is 13.1. The van der Waals surface area contributed by atoms with E-state index in [2.05, 4.69) is 41.5 Å². The van der Waals surface area contributed by atoms with Gasteiger partial charge in [0.2, 0.25) is 0 Å². The fourth-order valence-corrected chi connectivity index (χ4v) is 13.7. The number of phosphoric acid groups is 2. The third kappa shape index (κ3) is 69.8. The van der Waals surface area contributed by atoms with Gasteiger partial charge >= 0.3 is 39.5 Å². The van der Waals surface area contributed by atoms with Crippen LogP contribution in [-0.2, 0) is 65.4 Å². The number of carbonyl (C=O) groups is 4. The summed E-state index contributed by atoms with van der Waals surface area (Å²) in [5.41, 5.74) is 0. The SMILES string of the molecule is CCCCCCCCCCCCCC(=O)OC[C@H](COP(=O)(O)OC[C@H](O)COP(=O)(O)OC[C@@H](COC(=O)CCCCCCCCCCCCCCCCC(C)CC)OC(=O)CCCCCCCCCCCCCCCCC(C)CC)OC(=O)CCCCCCCCCCCCC. The molecule has 0 saturated carbocycles. The second-order valence-corrected chi connectivity index (χ2v) is 31.8. The highest BCUT2D eigenvalue weighted by Crippen LogP contribution is 2.45. The number of unbranched alkanes of at least 4 members (excludes halogenated alkanes) is 46. The van der Waals surface area contributed by atoms with Crippen molar-refractivity contribution in [3.8, 4) is 0 Å². The summed E-state index contributed by atoms with van der Waals surface area (Å²) in [6, 6.07) is 0. The molecule has 0 rings (SSSR count). The fraction of sp³-hybridized carbons (Fsp3) is 0.949. The van der Waals surface area contributed by atoms with Gasteiger partial charge in [-0.2, -0.15) is 0 Å². The Morgan fingerprint density at radius 1 is 0.286 bits per heavy atom. The molecule has 0 saturated heterocycles. The Bertz CT molecular complexity index is 1890. The van der Waals surface area contributed by atoms with Gasteiger partial charge in [-0.1, -0.05) is 363 Å². The standard InChI is InChI=1S/C79H154O17P2/c1-7-11-13-15-17-19-29-37-43-49-55-61-76(81)89-67-74(95-78(83)63-57-51-45-39-30-20-18-16-14-12-8-2)69-93-97(85,86)91-65-73(80)66-92-98(87,88)94-70-75(96-79(84)64-58-52-46-40-34-28-24-22-26-32-36-42-48-54-60-72(6)10-4)68-90-77(82)62-56-50-44-38-33-27-23-21-25-31-35-41-47-53-59-71(5)9-3/h71-75,80H,7-70H2,1-6H3,(H,85,86)(H,87,88)/t71?,72?,73-,74+,75+/m0/s1. The van der Waals surface area contributed by atoms with E-state index < -0.39 is 97.5 Å². The van der Waals surface area contributed by atoms with Crippen LogP contribution in [0.3, 0.4) is 0 Å². The monoisotopic (exact) mass is 1440 g/mol. The Labute approximate surface area is 600 Å². The highest BCUT2D eigenvalue weighted by Gasteiger charge is 2.30. The summed E-state index contributed by atoms with van der Waals surface area (Å²) in [6.07, 6.45) is 59.4. The first-order valence-electron chi connectivity index (χ1n) is 41.1. The third-order valence-electron chi connectivity index (χ3n) is 19.2. The van der Waals surface area contributed by atoms with Crippen molar-refractivity contribution in [2.45, 2.75) is 432 Å². The van der Waals surface area contributed by atoms with E-state index in [1.165, 1.54) is 231 Å². The minimum absolute atomic E-state index is 0.107. The zero-order valence-corrected chi connectivity index (χ0v) is 65.9. The molecule has 0 aromatic heterocycles. The maximum Gasteiger partial charge on any atom is 0.472 e. The van der Waals surface area contributed by atoms with Gasteiger partial charge < -0.3 is 33.8 Å². The molecular weight excluding hydrogens is 1280 g/mol. The minimum Gasteiger partial charge on any atom is -0.462 e. The van der Waals surface area contributed by atoms with Gasteiger partial charge in [0.15, 0.2) is 12.2 Å². The van der Waals surface area contributed by atoms with Gasteiger partial charge in [-0.05, 0) is 37.5 Å². The number of aliphatic hydroxyl groups is 1. The van der Waals surface area contributed by atoms with Gasteiger partial charge in [-0.25, -0.2) is 9.13 Å². The lowest BCUT2D eigenvalue weighted by Gasteiger charge is -2.21. The zero-order valence-electron chi connectivity index (χ0n) is 64.1. The lowest BCUT2D eigenvalue weighted by Crippen LogP contribution is -2.30. The normalized spacial score (nSPS) is 14.5. The summed E-state index contributed by atoms with van der Waals surface area (Å²) in [4.78, 5) is 72.9. The van der Waals surface area contributed by atoms with E-state index in [1.807, 2.05) is 0 Å². The van der Waals surface area contributed by atoms with Crippen LogP contribution in [0.2, 0.25) is 0 Å². The van der Waals surface area contributed by atoms with Crippen LogP contribution in [0.15, 0.2) is 0 Å². The molecule has 0 aromatic carbocycles. The summed E-state index contributed by atoms with van der Waals surface area (Å²) in [5, 5.41) is 10.6. The number of esters is 4. The predicted octanol–water partition coefficient (Wildman–Crippen LogP) is 23.5. The van der Waals surface area contributed by atoms with Gasteiger partial charge in [0.05, 0.1) is 26.4 Å². The van der Waals surface area contributed by atoms with E-state index in [4.69, 9.17) is 37.0 Å². The van der Waals surface area contributed by atoms with E-state index in [0.29, 0.717) is 25.7 Å². The molecule has 0 heterocycles. The number of carbonyl (C=O) groups excluding carboxylic acids is 4. The number of phosphoric ester groups is 2. The molecule has 98 heavy (non-hydrogen) atoms. The molecule has 0 bridgehead atoms. The molecule has 4 unspecified atom stereocenters. The van der Waals surface area contributed by atoms with Crippen molar-refractivity contribution in [3.05, 3.63) is 0 Å². The van der Waals surface area contributed by atoms with Crippen LogP contribution >= 0.6 is 15.6 Å². The molecule has 582 valence electrons. The molecule has 0 aliphatic carbocycles. The number of hydrogen-bond donors (Lipinski definition) is 3. The molecule has 0 radical (unpaired) electrons. The molecule has 3 N–H and O–H groups in total. The molecule has 0 fully saturated rings. The number of rotatable bonds is 78. The molecule has 17 nitrogen and oxygen atoms in total. The second kappa shape index (κ2) is 70.7. The van der Waals surface area contributed by atoms with Gasteiger partial charge in [-0.15, -0.1) is 0 Å². The summed E-state index contributed by atoms with van der Waals surface area (Å²) >= 11 is 0. The first-order chi connectivity index (χ1) is 47.4. The minimum atomic E-state index is -4.96. The van der Waals surface area contributed by atoms with E-state index in [0.717, 1.165) is 102 Å². The summed E-state index contributed by atoms with van der Waals surface area (Å²) < 4.78 is 68.6. The quantitative estimate of drug-likeness (QED) is 0.0222. The molecular formula is C79H154O17P2. The van der Waals surface area contributed by atoms with Crippen LogP contribution in [0.4, 0.5) is 0 Å². The summed E-state index contributed by atoms with van der Waals surface area (Å²) in [6.45, 7) is 9.72. The maximum absolute atomic E-state index is 13.1. The van der Waals surface area contributed by atoms with Crippen LogP contribution < -0.4 is 0 Å². The lowest BCUT2D eigenvalue weighted by molar-refractivity contribution is -0.161. The molecule has 0 aromatic rings. The van der Waals surface area contributed by atoms with Crippen molar-refractivity contribution in [1.29, 1.82) is 0 Å². The average molecular weight is 1440 g/mol. The first kappa shape index (κ1) is 96.1. The van der Waals surface area contributed by atoms with E-state index in [-0.39, 0.29) is 25.7 Å². The fourth-order valence-electron chi connectivity index (χ4n) is 12.1. The number of aliphatic hydroxyl groups excluding tert-OH is 1. The predicted molar refractivity (Wildman–Crippen MR) is 400 cm³/mol. The van der Waals surface area contributed by atoms with Crippen LogP contribution in [-0.4, -0.2) is 96.7 Å². The summed E-state index contributed by atoms with van der Waals surface area (Å²) in [7, 11) is -9.91. The smallest absolute Gasteiger partial charge is 0.462 e. The highest BCUT2D eigenvalue weighted by molar-refractivity contribution is 7.47. The second-order valence-electron chi connectivity index (χ2n) is 28.9. The van der Waals surface area contributed by atoms with Crippen molar-refractivity contribution in [3.63, 3.8) is 0 Å². The molecule has 0 spiro atoms. The third-order valence-corrected chi connectivity index (χ3v) is 21.1. The van der Waals surface area contributed by atoms with Gasteiger partial charge in [0, 0.05) is 25.7 Å². The van der Waals surface area contributed by atoms with Crippen LogP contribution in [0.5, 0.6) is 0 Å². The van der Waals surface area contributed by atoms with Crippen molar-refractivity contribution in [2.75, 3.05) is 39.6 Å². The van der Waals surface area contributed by atoms with Gasteiger partial charge in [0.25, 0.3) is 0 Å². The van der Waals surface area contributed by atoms with Crippen molar-refractivity contribution >= 4 is 39.5 Å². The van der Waals surface area contributed by atoms with Crippen molar-refractivity contribution < 1.29 is 80.2 Å². The lowest BCUT2D eigenvalue weighted by atomic mass is 9.99. The molecule has 19 heteroatoms. The first-order valence-corrected chi connectivity index (χ1v) is 44.1. The van der Waals surface area contributed by atoms with Crippen LogP contribution in [0.1, 0.15) is 414 Å². The number of hydrogen-bond acceptors (Lipinski definition) is 15. The van der Waals surface area contributed by atoms with E-state index in [9.17, 15) is 43.2 Å². The Kier molecular flexibility index (Phi) is 69.3. The zero-order chi connectivity index (χ0) is 72.1. The Morgan fingerprint density at radius 2 is 0.490 bits per heavy atom. The Hall–Kier alpha value is -1.94. The van der Waals surface area contributed by atoms with Crippen LogP contribution in [0, 0.1) is 11.8 Å². The van der Waals surface area contributed by atoms with Crippen molar-refractivity contribution in [1.82, 2.24) is 0 Å². The molecule has 0 aliphatic heterocycles. The van der Waals surface area contributed by atoms with E-state index >= 15 is 0 Å². The highest BCUT2D eigenvalue weighted by atomic mass is 31.2. The molecule has 0 amide bonds. The number of ether oxygens (including phenoxy) is 4.